The number of benzene rings is 2. The van der Waals surface area contributed by atoms with Crippen LogP contribution in [0, 0.1) is 5.92 Å². The topological polar surface area (TPSA) is 199 Å². The SMILES string of the molecule is COc1ccc2c(O[C@@H]3C[C@H]4C(=O)N[C@]5(C(=O)NS(=O)(=O)C6CC6)CC5C=CCCCC(=O)N[C@@H](CC(=O)OC(C)(C)C)C(=O)N4C3)cc(-c3ccccc3)nc2c1. The van der Waals surface area contributed by atoms with Crippen molar-refractivity contribution >= 4 is 50.5 Å². The van der Waals surface area contributed by atoms with Gasteiger partial charge in [0.2, 0.25) is 27.7 Å². The normalized spacial score (nSPS) is 25.3. The standard InChI is InChI=1S/C42H49N5O10S/c1-41(2,3)57-37(49)22-33-39(51)47-24-28(56-35-21-31(25-11-7-5-8-12-25)43-32-19-27(55-4)15-18-30(32)35)20-34(47)38(50)45-42(40(52)46-58(53,54)29-16-17-29)23-26(42)13-9-6-10-14-36(48)44-33/h5,7-9,11-13,15,18-19,21,26,28-29,33-34H,6,10,14,16-17,20,22-24H2,1-4H3,(H,44,48)(H,45,50)(H,46,52)/t26?,28-,33+,34+,42-/m1/s1. The summed E-state index contributed by atoms with van der Waals surface area (Å²) in [6.07, 6.45) is 4.11. The third-order valence-corrected chi connectivity index (χ3v) is 12.5. The average Bonchev–Trinajstić information content (AvgIpc) is 4.10. The summed E-state index contributed by atoms with van der Waals surface area (Å²) in [5, 5.41) is 5.54. The number of nitrogens with one attached hydrogen (secondary N) is 3. The Labute approximate surface area is 337 Å². The Hall–Kier alpha value is -5.51. The number of methoxy groups -OCH3 is 1. The number of sulfonamides is 1. The summed E-state index contributed by atoms with van der Waals surface area (Å²) >= 11 is 0. The highest BCUT2D eigenvalue weighted by Crippen LogP contribution is 2.46. The molecule has 1 unspecified atom stereocenters. The molecule has 58 heavy (non-hydrogen) atoms. The fourth-order valence-corrected chi connectivity index (χ4v) is 8.90. The summed E-state index contributed by atoms with van der Waals surface area (Å²) in [4.78, 5) is 75.5. The van der Waals surface area contributed by atoms with E-state index >= 15 is 0 Å². The zero-order valence-electron chi connectivity index (χ0n) is 33.0. The van der Waals surface area contributed by atoms with Crippen molar-refractivity contribution in [1.29, 1.82) is 0 Å². The molecule has 2 saturated carbocycles. The van der Waals surface area contributed by atoms with E-state index in [1.807, 2.05) is 36.4 Å². The first-order valence-electron chi connectivity index (χ1n) is 19.6. The van der Waals surface area contributed by atoms with E-state index in [4.69, 9.17) is 19.2 Å². The number of aromatic nitrogens is 1. The van der Waals surface area contributed by atoms with E-state index in [1.54, 1.807) is 58.2 Å². The Morgan fingerprint density at radius 3 is 2.52 bits per heavy atom. The minimum Gasteiger partial charge on any atom is -0.497 e. The van der Waals surface area contributed by atoms with Gasteiger partial charge in [-0.15, -0.1) is 0 Å². The van der Waals surface area contributed by atoms with Crippen LogP contribution in [0.15, 0.2) is 66.7 Å². The molecule has 3 fully saturated rings. The molecule has 3 aromatic rings. The first-order valence-corrected chi connectivity index (χ1v) is 21.2. The van der Waals surface area contributed by atoms with Crippen LogP contribution in [0.4, 0.5) is 0 Å². The van der Waals surface area contributed by atoms with E-state index in [1.165, 1.54) is 4.90 Å². The zero-order chi connectivity index (χ0) is 41.4. The second-order valence-corrected chi connectivity index (χ2v) is 18.4. The molecule has 308 valence electrons. The number of hydrogen-bond acceptors (Lipinski definition) is 11. The fraction of sp³-hybridized carbons (Fsp3) is 0.476. The largest absolute Gasteiger partial charge is 0.497 e. The number of carbonyl (C=O) groups excluding carboxylic acids is 5. The van der Waals surface area contributed by atoms with Crippen LogP contribution < -0.4 is 24.8 Å². The molecular weight excluding hydrogens is 767 g/mol. The van der Waals surface area contributed by atoms with Gasteiger partial charge in [-0.25, -0.2) is 13.4 Å². The quantitative estimate of drug-likeness (QED) is 0.210. The van der Waals surface area contributed by atoms with Crippen LogP contribution in [0.1, 0.15) is 72.1 Å². The van der Waals surface area contributed by atoms with Gasteiger partial charge >= 0.3 is 5.97 Å². The Balaban J connectivity index is 1.24. The Bertz CT molecular complexity index is 2250. The predicted molar refractivity (Wildman–Crippen MR) is 213 cm³/mol. The molecule has 2 aromatic carbocycles. The van der Waals surface area contributed by atoms with Crippen molar-refractivity contribution in [2.75, 3.05) is 13.7 Å². The predicted octanol–water partition coefficient (Wildman–Crippen LogP) is 3.70. The van der Waals surface area contributed by atoms with Gasteiger partial charge in [0.05, 0.1) is 36.5 Å². The van der Waals surface area contributed by atoms with Crippen LogP contribution in [-0.4, -0.2) is 96.1 Å². The van der Waals surface area contributed by atoms with Crippen LogP contribution in [0.25, 0.3) is 22.2 Å². The maximum Gasteiger partial charge on any atom is 0.308 e. The number of carbonyl (C=O) groups is 5. The van der Waals surface area contributed by atoms with Crippen molar-refractivity contribution in [3.63, 3.8) is 0 Å². The fourth-order valence-electron chi connectivity index (χ4n) is 7.54. The molecule has 3 heterocycles. The molecule has 5 atom stereocenters. The second kappa shape index (κ2) is 16.0. The van der Waals surface area contributed by atoms with Crippen LogP contribution in [-0.2, 0) is 38.7 Å². The number of amides is 4. The van der Waals surface area contributed by atoms with Crippen molar-refractivity contribution in [3.05, 3.63) is 66.7 Å². The lowest BCUT2D eigenvalue weighted by molar-refractivity contribution is -0.157. The highest BCUT2D eigenvalue weighted by atomic mass is 32.2. The van der Waals surface area contributed by atoms with Crippen molar-refractivity contribution in [2.45, 2.75) is 107 Å². The number of nitrogens with zero attached hydrogens (tertiary/aromatic N) is 2. The maximum atomic E-state index is 14.6. The highest BCUT2D eigenvalue weighted by Gasteiger charge is 2.62. The molecule has 0 radical (unpaired) electrons. The third kappa shape index (κ3) is 9.11. The van der Waals surface area contributed by atoms with Gasteiger partial charge in [-0.3, -0.25) is 28.7 Å². The maximum absolute atomic E-state index is 14.6. The molecule has 2 aliphatic carbocycles. The van der Waals surface area contributed by atoms with Crippen LogP contribution >= 0.6 is 0 Å². The van der Waals surface area contributed by atoms with Crippen molar-refractivity contribution < 1.29 is 46.6 Å². The lowest BCUT2D eigenvalue weighted by Crippen LogP contribution is -2.58. The van der Waals surface area contributed by atoms with Gasteiger partial charge in [-0.1, -0.05) is 42.5 Å². The summed E-state index contributed by atoms with van der Waals surface area (Å²) in [6, 6.07) is 14.0. The second-order valence-electron chi connectivity index (χ2n) is 16.4. The number of allylic oxidation sites excluding steroid dienone is 1. The molecule has 0 bridgehead atoms. The number of hydrogen-bond donors (Lipinski definition) is 3. The van der Waals surface area contributed by atoms with Gasteiger partial charge < -0.3 is 29.7 Å². The molecule has 15 nitrogen and oxygen atoms in total. The summed E-state index contributed by atoms with van der Waals surface area (Å²) < 4.78 is 45.7. The van der Waals surface area contributed by atoms with E-state index < -0.39 is 86.5 Å². The third-order valence-electron chi connectivity index (χ3n) is 10.7. The monoisotopic (exact) mass is 815 g/mol. The smallest absolute Gasteiger partial charge is 0.308 e. The number of esters is 1. The van der Waals surface area contributed by atoms with E-state index in [0.29, 0.717) is 53.8 Å². The minimum absolute atomic E-state index is 0.0361. The molecule has 0 spiro atoms. The molecule has 7 rings (SSSR count). The van der Waals surface area contributed by atoms with Gasteiger partial charge in [0.1, 0.15) is 40.8 Å². The first kappa shape index (κ1) is 40.7. The highest BCUT2D eigenvalue weighted by molar-refractivity contribution is 7.91. The van der Waals surface area contributed by atoms with Gasteiger partial charge in [-0.05, 0) is 65.0 Å². The van der Waals surface area contributed by atoms with Gasteiger partial charge in [0, 0.05) is 41.8 Å². The minimum atomic E-state index is -3.95. The molecule has 3 N–H and O–H groups in total. The van der Waals surface area contributed by atoms with E-state index in [-0.39, 0.29) is 25.8 Å². The van der Waals surface area contributed by atoms with E-state index in [9.17, 15) is 32.4 Å². The van der Waals surface area contributed by atoms with Crippen LogP contribution in [0.5, 0.6) is 11.5 Å². The van der Waals surface area contributed by atoms with Crippen molar-refractivity contribution in [2.24, 2.45) is 5.92 Å². The molecule has 4 aliphatic rings. The summed E-state index contributed by atoms with van der Waals surface area (Å²) in [7, 11) is -2.39. The summed E-state index contributed by atoms with van der Waals surface area (Å²) in [6.45, 7) is 4.93. The molecule has 2 aliphatic heterocycles. The first-order chi connectivity index (χ1) is 27.5. The molecule has 16 heteroatoms. The summed E-state index contributed by atoms with van der Waals surface area (Å²) in [5.41, 5.74) is -0.436. The van der Waals surface area contributed by atoms with E-state index in [0.717, 1.165) is 5.56 Å². The van der Waals surface area contributed by atoms with Crippen molar-refractivity contribution in [3.8, 4) is 22.8 Å². The Morgan fingerprint density at radius 1 is 1.05 bits per heavy atom. The van der Waals surface area contributed by atoms with Crippen molar-refractivity contribution in [1.82, 2.24) is 25.2 Å². The Kier molecular flexibility index (Phi) is 11.2. The van der Waals surface area contributed by atoms with Crippen LogP contribution in [0.3, 0.4) is 0 Å². The Morgan fingerprint density at radius 2 is 1.81 bits per heavy atom. The van der Waals surface area contributed by atoms with E-state index in [2.05, 4.69) is 15.4 Å². The van der Waals surface area contributed by atoms with Gasteiger partial charge in [-0.2, -0.15) is 0 Å². The number of pyridine rings is 1. The molecule has 1 aromatic heterocycles. The average molecular weight is 816 g/mol. The molecule has 1 saturated heterocycles. The lowest BCUT2D eigenvalue weighted by atomic mass is 10.1. The lowest BCUT2D eigenvalue weighted by Gasteiger charge is -2.30. The zero-order valence-corrected chi connectivity index (χ0v) is 33.8. The van der Waals surface area contributed by atoms with Crippen LogP contribution in [0.2, 0.25) is 0 Å². The molecular formula is C42H49N5O10S. The number of rotatable bonds is 9. The molecule has 4 amide bonds. The number of ether oxygens (including phenoxy) is 3. The number of fused-ring (bicyclic) bond motifs is 3. The summed E-state index contributed by atoms with van der Waals surface area (Å²) in [5.74, 6) is -2.97. The van der Waals surface area contributed by atoms with Gasteiger partial charge in [0.25, 0.3) is 5.91 Å². The van der Waals surface area contributed by atoms with Gasteiger partial charge in [0.15, 0.2) is 0 Å².